The minimum Gasteiger partial charge on any atom is -0.481 e. The first-order valence-electron chi connectivity index (χ1n) is 13.2. The maximum Gasteiger partial charge on any atom is 0.252 e. The standard InChI is InChI=1S/C31H24FN7O2/c1-41-28-18-20(13-15-33-28)31(40)36-25-10-7-19-17-21(8-9-22(19)25)39-29(23-5-2-3-6-24(23)32)35-26-11-12-27(37-30(26)39)38-16-4-14-34-38/h2-6,8-9,11-18,25H,7,10H2,1H3,(H,36,40)/t25-/m0/s1. The van der Waals surface area contributed by atoms with E-state index in [1.807, 2.05) is 41.1 Å². The van der Waals surface area contributed by atoms with E-state index in [0.29, 0.717) is 39.8 Å². The number of amides is 1. The third-order valence-electron chi connectivity index (χ3n) is 7.32. The van der Waals surface area contributed by atoms with Crippen molar-refractivity contribution in [3.8, 4) is 28.8 Å². The molecule has 0 saturated heterocycles. The molecule has 0 radical (unpaired) electrons. The molecular weight excluding hydrogens is 521 g/mol. The van der Waals surface area contributed by atoms with Gasteiger partial charge < -0.3 is 10.1 Å². The average molecular weight is 546 g/mol. The highest BCUT2D eigenvalue weighted by molar-refractivity contribution is 5.94. The van der Waals surface area contributed by atoms with Crippen LogP contribution in [0.15, 0.2) is 91.4 Å². The number of pyridine rings is 2. The highest BCUT2D eigenvalue weighted by Crippen LogP contribution is 2.36. The van der Waals surface area contributed by atoms with Crippen molar-refractivity contribution in [1.82, 2.24) is 34.6 Å². The molecule has 7 rings (SSSR count). The lowest BCUT2D eigenvalue weighted by Crippen LogP contribution is -2.27. The van der Waals surface area contributed by atoms with Gasteiger partial charge >= 0.3 is 0 Å². The van der Waals surface area contributed by atoms with Crippen molar-refractivity contribution in [2.45, 2.75) is 18.9 Å². The van der Waals surface area contributed by atoms with Crippen LogP contribution in [0, 0.1) is 5.82 Å². The summed E-state index contributed by atoms with van der Waals surface area (Å²) in [5.74, 6) is 0.910. The van der Waals surface area contributed by atoms with Crippen LogP contribution < -0.4 is 10.1 Å². The van der Waals surface area contributed by atoms with Gasteiger partial charge in [0.2, 0.25) is 5.88 Å². The van der Waals surface area contributed by atoms with Crippen LogP contribution in [-0.4, -0.2) is 42.3 Å². The van der Waals surface area contributed by atoms with Crippen LogP contribution in [-0.2, 0) is 6.42 Å². The lowest BCUT2D eigenvalue weighted by Gasteiger charge is -2.16. The normalized spacial score (nSPS) is 14.2. The van der Waals surface area contributed by atoms with Crippen molar-refractivity contribution in [2.75, 3.05) is 7.11 Å². The predicted octanol–water partition coefficient (Wildman–Crippen LogP) is 5.23. The van der Waals surface area contributed by atoms with E-state index >= 15 is 4.39 Å². The maximum atomic E-state index is 15.0. The summed E-state index contributed by atoms with van der Waals surface area (Å²) < 4.78 is 23.8. The molecule has 0 unspecified atom stereocenters. The fourth-order valence-corrected chi connectivity index (χ4v) is 5.34. The third kappa shape index (κ3) is 4.39. The summed E-state index contributed by atoms with van der Waals surface area (Å²) in [6, 6.07) is 21.3. The number of hydrogen-bond acceptors (Lipinski definition) is 6. The highest BCUT2D eigenvalue weighted by atomic mass is 19.1. The molecular formula is C31H24FN7O2. The third-order valence-corrected chi connectivity index (χ3v) is 7.32. The number of fused-ring (bicyclic) bond motifs is 2. The van der Waals surface area contributed by atoms with E-state index in [2.05, 4.69) is 21.5 Å². The molecule has 10 heteroatoms. The zero-order chi connectivity index (χ0) is 27.9. The molecule has 0 spiro atoms. The zero-order valence-electron chi connectivity index (χ0n) is 22.0. The lowest BCUT2D eigenvalue weighted by atomic mass is 10.1. The van der Waals surface area contributed by atoms with Gasteiger partial charge in [-0.3, -0.25) is 9.36 Å². The van der Waals surface area contributed by atoms with E-state index in [-0.39, 0.29) is 17.8 Å². The molecule has 1 amide bonds. The van der Waals surface area contributed by atoms with Crippen molar-refractivity contribution in [3.05, 3.63) is 114 Å². The summed E-state index contributed by atoms with van der Waals surface area (Å²) >= 11 is 0. The molecule has 202 valence electrons. The Bertz CT molecular complexity index is 1920. The van der Waals surface area contributed by atoms with Crippen LogP contribution in [0.25, 0.3) is 34.1 Å². The molecule has 41 heavy (non-hydrogen) atoms. The summed E-state index contributed by atoms with van der Waals surface area (Å²) in [7, 11) is 1.52. The summed E-state index contributed by atoms with van der Waals surface area (Å²) in [4.78, 5) is 26.7. The van der Waals surface area contributed by atoms with Crippen molar-refractivity contribution in [2.24, 2.45) is 0 Å². The molecule has 1 atom stereocenters. The van der Waals surface area contributed by atoms with Crippen LogP contribution in [0.5, 0.6) is 5.88 Å². The molecule has 0 aliphatic heterocycles. The van der Waals surface area contributed by atoms with Crippen LogP contribution >= 0.6 is 0 Å². The number of hydrogen-bond donors (Lipinski definition) is 1. The summed E-state index contributed by atoms with van der Waals surface area (Å²) in [6.07, 6.45) is 6.60. The number of nitrogens with zero attached hydrogens (tertiary/aromatic N) is 6. The van der Waals surface area contributed by atoms with Gasteiger partial charge in [-0.05, 0) is 72.5 Å². The lowest BCUT2D eigenvalue weighted by molar-refractivity contribution is 0.0936. The van der Waals surface area contributed by atoms with E-state index < -0.39 is 0 Å². The Balaban J connectivity index is 1.29. The van der Waals surface area contributed by atoms with Gasteiger partial charge in [-0.2, -0.15) is 5.10 Å². The average Bonchev–Trinajstić information content (AvgIpc) is 3.76. The zero-order valence-corrected chi connectivity index (χ0v) is 22.0. The molecule has 6 aromatic rings. The molecule has 1 aliphatic carbocycles. The number of rotatable bonds is 6. The van der Waals surface area contributed by atoms with Gasteiger partial charge in [-0.25, -0.2) is 24.0 Å². The van der Waals surface area contributed by atoms with Crippen molar-refractivity contribution >= 4 is 17.1 Å². The summed E-state index contributed by atoms with van der Waals surface area (Å²) in [5.41, 5.74) is 5.04. The fourth-order valence-electron chi connectivity index (χ4n) is 5.34. The van der Waals surface area contributed by atoms with Crippen LogP contribution in [0.4, 0.5) is 4.39 Å². The second-order valence-electron chi connectivity index (χ2n) is 9.75. The minimum absolute atomic E-state index is 0.138. The molecule has 4 heterocycles. The number of methoxy groups -OCH3 is 1. The molecule has 1 N–H and O–H groups in total. The quantitative estimate of drug-likeness (QED) is 0.308. The van der Waals surface area contributed by atoms with Gasteiger partial charge in [0.15, 0.2) is 11.5 Å². The van der Waals surface area contributed by atoms with Crippen molar-refractivity contribution < 1.29 is 13.9 Å². The molecule has 2 aromatic carbocycles. The van der Waals surface area contributed by atoms with E-state index in [1.54, 1.807) is 47.4 Å². The second kappa shape index (κ2) is 9.98. The SMILES string of the molecule is COc1cc(C(=O)N[C@H]2CCc3cc(-n4c(-c5ccccc5F)nc5ccc(-n6cccn6)nc54)ccc32)ccn1. The molecule has 9 nitrogen and oxygen atoms in total. The Hall–Kier alpha value is -5.38. The van der Waals surface area contributed by atoms with Gasteiger partial charge in [0, 0.05) is 35.9 Å². The van der Waals surface area contributed by atoms with Crippen molar-refractivity contribution in [3.63, 3.8) is 0 Å². The molecule has 4 aromatic heterocycles. The van der Waals surface area contributed by atoms with Gasteiger partial charge in [-0.1, -0.05) is 18.2 Å². The number of aromatic nitrogens is 6. The first kappa shape index (κ1) is 24.6. The minimum atomic E-state index is -0.368. The molecule has 0 bridgehead atoms. The van der Waals surface area contributed by atoms with Gasteiger partial charge in [-0.15, -0.1) is 0 Å². The highest BCUT2D eigenvalue weighted by Gasteiger charge is 2.26. The van der Waals surface area contributed by atoms with Crippen molar-refractivity contribution in [1.29, 1.82) is 0 Å². The number of imidazole rings is 1. The van der Waals surface area contributed by atoms with Gasteiger partial charge in [0.25, 0.3) is 5.91 Å². The van der Waals surface area contributed by atoms with E-state index in [9.17, 15) is 4.79 Å². The predicted molar refractivity (Wildman–Crippen MR) is 151 cm³/mol. The van der Waals surface area contributed by atoms with Gasteiger partial charge in [0.1, 0.15) is 17.2 Å². The number of benzene rings is 2. The number of halogens is 1. The van der Waals surface area contributed by atoms with Crippen LogP contribution in [0.1, 0.15) is 33.9 Å². The Morgan fingerprint density at radius 3 is 2.76 bits per heavy atom. The Morgan fingerprint density at radius 1 is 1.02 bits per heavy atom. The fraction of sp³-hybridized carbons (Fsp3) is 0.129. The molecule has 1 aliphatic rings. The van der Waals surface area contributed by atoms with E-state index in [1.165, 1.54) is 13.2 Å². The topological polar surface area (TPSA) is 99.8 Å². The first-order valence-corrected chi connectivity index (χ1v) is 13.2. The Morgan fingerprint density at radius 2 is 1.93 bits per heavy atom. The second-order valence-corrected chi connectivity index (χ2v) is 9.75. The monoisotopic (exact) mass is 545 g/mol. The van der Waals surface area contributed by atoms with Crippen LogP contribution in [0.3, 0.4) is 0 Å². The number of ether oxygens (including phenoxy) is 1. The number of carbonyl (C=O) groups excluding carboxylic acids is 1. The molecule has 0 saturated carbocycles. The smallest absolute Gasteiger partial charge is 0.252 e. The maximum absolute atomic E-state index is 15.0. The van der Waals surface area contributed by atoms with E-state index in [0.717, 1.165) is 29.7 Å². The summed E-state index contributed by atoms with van der Waals surface area (Å²) in [6.45, 7) is 0. The number of carbonyl (C=O) groups is 1. The van der Waals surface area contributed by atoms with E-state index in [4.69, 9.17) is 14.7 Å². The van der Waals surface area contributed by atoms with Crippen LogP contribution in [0.2, 0.25) is 0 Å². The van der Waals surface area contributed by atoms with Gasteiger partial charge in [0.05, 0.1) is 18.7 Å². The first-order chi connectivity index (χ1) is 20.1. The summed E-state index contributed by atoms with van der Waals surface area (Å²) in [5, 5.41) is 7.45. The Labute approximate surface area is 234 Å². The molecule has 0 fully saturated rings. The Kier molecular flexibility index (Phi) is 6.00. The number of aryl methyl sites for hydroxylation is 1. The number of nitrogens with one attached hydrogen (secondary N) is 1. The largest absolute Gasteiger partial charge is 0.481 e.